The molecule has 1 fully saturated rings. The molecule has 2 N–H and O–H groups in total. The normalized spacial score (nSPS) is 14.3. The molecule has 8 nitrogen and oxygen atoms in total. The molecule has 1 aromatic heterocycles. The van der Waals surface area contributed by atoms with Gasteiger partial charge in [-0.25, -0.2) is 4.98 Å². The highest BCUT2D eigenvalue weighted by Crippen LogP contribution is 2.37. The number of pyridine rings is 1. The maximum absolute atomic E-state index is 13.6. The molecule has 2 aromatic rings. The Labute approximate surface area is 204 Å². The third-order valence-electron chi connectivity index (χ3n) is 5.50. The van der Waals surface area contributed by atoms with Crippen LogP contribution in [-0.2, 0) is 25.5 Å². The smallest absolute Gasteiger partial charge is 0.469 e. The maximum Gasteiger partial charge on any atom is 0.472 e. The molecular formula is C23H24ClF3N4O4. The number of hydrogen-bond acceptors (Lipinski definition) is 6. The van der Waals surface area contributed by atoms with Gasteiger partial charge in [0.15, 0.2) is 0 Å². The van der Waals surface area contributed by atoms with E-state index in [4.69, 9.17) is 11.6 Å². The van der Waals surface area contributed by atoms with Gasteiger partial charge in [-0.1, -0.05) is 17.7 Å². The first-order valence-corrected chi connectivity index (χ1v) is 11.2. The molecule has 0 spiro atoms. The van der Waals surface area contributed by atoms with Gasteiger partial charge < -0.3 is 15.4 Å². The van der Waals surface area contributed by atoms with Crippen LogP contribution in [0.5, 0.6) is 0 Å². The van der Waals surface area contributed by atoms with E-state index >= 15 is 0 Å². The van der Waals surface area contributed by atoms with Crippen LogP contribution in [0.3, 0.4) is 0 Å². The van der Waals surface area contributed by atoms with Gasteiger partial charge in [-0.05, 0) is 62.2 Å². The molecule has 0 aliphatic carbocycles. The zero-order valence-electron chi connectivity index (χ0n) is 18.8. The van der Waals surface area contributed by atoms with Gasteiger partial charge in [-0.15, -0.1) is 0 Å². The molecule has 1 saturated heterocycles. The van der Waals surface area contributed by atoms with E-state index in [1.807, 2.05) is 0 Å². The van der Waals surface area contributed by atoms with Crippen molar-refractivity contribution in [2.75, 3.05) is 30.4 Å². The number of hydrogen-bond donors (Lipinski definition) is 2. The highest BCUT2D eigenvalue weighted by atomic mass is 35.5. The van der Waals surface area contributed by atoms with Crippen LogP contribution in [0, 0.1) is 5.92 Å². The predicted molar refractivity (Wildman–Crippen MR) is 123 cm³/mol. The Morgan fingerprint density at radius 1 is 1.20 bits per heavy atom. The molecule has 0 saturated carbocycles. The van der Waals surface area contributed by atoms with Gasteiger partial charge in [0.05, 0.1) is 23.5 Å². The number of anilines is 3. The molecule has 0 atom stereocenters. The van der Waals surface area contributed by atoms with Crippen LogP contribution in [-0.4, -0.2) is 49.1 Å². The molecule has 35 heavy (non-hydrogen) atoms. The summed E-state index contributed by atoms with van der Waals surface area (Å²) < 4.78 is 45.5. The number of methoxy groups -OCH3 is 1. The average molecular weight is 513 g/mol. The Bertz CT molecular complexity index is 1070. The zero-order valence-corrected chi connectivity index (χ0v) is 19.6. The minimum atomic E-state index is -5.24. The van der Waals surface area contributed by atoms with Crippen LogP contribution in [0.25, 0.3) is 0 Å². The topological polar surface area (TPSA) is 101 Å². The SMILES string of the molecule is COC(=O)CCc1ccc(NC(=O)C2CCNCC2)c(N(C(=O)C(F)(F)F)c2ccc(Cl)cn2)c1. The summed E-state index contributed by atoms with van der Waals surface area (Å²) in [6, 6.07) is 6.77. The molecule has 1 aromatic carbocycles. The van der Waals surface area contributed by atoms with E-state index in [2.05, 4.69) is 20.4 Å². The van der Waals surface area contributed by atoms with E-state index in [0.29, 0.717) is 36.4 Å². The Kier molecular flexibility index (Phi) is 8.68. The molecule has 0 radical (unpaired) electrons. The van der Waals surface area contributed by atoms with E-state index in [0.717, 1.165) is 6.20 Å². The molecule has 188 valence electrons. The van der Waals surface area contributed by atoms with Crippen molar-refractivity contribution in [2.45, 2.75) is 31.9 Å². The second kappa shape index (κ2) is 11.5. The van der Waals surface area contributed by atoms with Crippen LogP contribution in [0.2, 0.25) is 5.02 Å². The fraction of sp³-hybridized carbons (Fsp3) is 0.391. The number of aryl methyl sites for hydroxylation is 1. The van der Waals surface area contributed by atoms with Crippen molar-refractivity contribution in [2.24, 2.45) is 5.92 Å². The molecule has 2 heterocycles. The monoisotopic (exact) mass is 512 g/mol. The van der Waals surface area contributed by atoms with Crippen LogP contribution in [0.1, 0.15) is 24.8 Å². The number of carbonyl (C=O) groups is 3. The average Bonchev–Trinajstić information content (AvgIpc) is 2.84. The first-order valence-electron chi connectivity index (χ1n) is 10.8. The van der Waals surface area contributed by atoms with Gasteiger partial charge >= 0.3 is 18.1 Å². The molecule has 0 bridgehead atoms. The van der Waals surface area contributed by atoms with Gasteiger partial charge in [0, 0.05) is 18.5 Å². The Hall–Kier alpha value is -3.18. The second-order valence-electron chi connectivity index (χ2n) is 7.91. The first kappa shape index (κ1) is 26.4. The molecule has 2 amide bonds. The van der Waals surface area contributed by atoms with Gasteiger partial charge in [0.25, 0.3) is 0 Å². The van der Waals surface area contributed by atoms with Crippen molar-refractivity contribution in [3.05, 3.63) is 47.1 Å². The van der Waals surface area contributed by atoms with Crippen LogP contribution < -0.4 is 15.5 Å². The summed E-state index contributed by atoms with van der Waals surface area (Å²) in [5.41, 5.74) is 0.232. The number of nitrogens with one attached hydrogen (secondary N) is 2. The number of piperidine rings is 1. The maximum atomic E-state index is 13.6. The first-order chi connectivity index (χ1) is 16.6. The zero-order chi connectivity index (χ0) is 25.6. The van der Waals surface area contributed by atoms with E-state index in [9.17, 15) is 27.6 Å². The summed E-state index contributed by atoms with van der Waals surface area (Å²) in [6.07, 6.45) is -2.86. The van der Waals surface area contributed by atoms with Gasteiger partial charge in [-0.2, -0.15) is 13.2 Å². The number of carbonyl (C=O) groups excluding carboxylic acids is 3. The van der Waals surface area contributed by atoms with Gasteiger partial charge in [0.1, 0.15) is 5.82 Å². The lowest BCUT2D eigenvalue weighted by Gasteiger charge is -2.27. The van der Waals surface area contributed by atoms with Gasteiger partial charge in [-0.3, -0.25) is 19.3 Å². The molecule has 1 aliphatic rings. The lowest BCUT2D eigenvalue weighted by Crippen LogP contribution is -2.39. The Balaban J connectivity index is 2.07. The fourth-order valence-electron chi connectivity index (χ4n) is 3.65. The quantitative estimate of drug-likeness (QED) is 0.544. The number of nitrogens with zero attached hydrogens (tertiary/aromatic N) is 2. The lowest BCUT2D eigenvalue weighted by molar-refractivity contribution is -0.169. The van der Waals surface area contributed by atoms with Crippen LogP contribution in [0.15, 0.2) is 36.5 Å². The Morgan fingerprint density at radius 2 is 1.91 bits per heavy atom. The standard InChI is InChI=1S/C23H24ClF3N4O4/c1-35-20(32)7-3-14-2-5-17(30-21(33)15-8-10-28-11-9-15)18(12-14)31(22(34)23(25,26)27)19-6-4-16(24)13-29-19/h2,4-6,12-13,15,28H,3,7-11H2,1H3,(H,30,33). The Morgan fingerprint density at radius 3 is 2.51 bits per heavy atom. The summed E-state index contributed by atoms with van der Waals surface area (Å²) in [7, 11) is 1.23. The number of amides is 2. The minimum absolute atomic E-state index is 0.00435. The van der Waals surface area contributed by atoms with Crippen molar-refractivity contribution in [1.29, 1.82) is 0 Å². The van der Waals surface area contributed by atoms with Crippen molar-refractivity contribution in [1.82, 2.24) is 10.3 Å². The number of esters is 1. The summed E-state index contributed by atoms with van der Waals surface area (Å²) in [6.45, 7) is 1.29. The van der Waals surface area contributed by atoms with Crippen molar-refractivity contribution in [3.8, 4) is 0 Å². The molecule has 1 aliphatic heterocycles. The third kappa shape index (κ3) is 6.92. The lowest BCUT2D eigenvalue weighted by atomic mass is 9.97. The largest absolute Gasteiger partial charge is 0.472 e. The summed E-state index contributed by atoms with van der Waals surface area (Å²) in [4.78, 5) is 41.3. The summed E-state index contributed by atoms with van der Waals surface area (Å²) >= 11 is 5.83. The van der Waals surface area contributed by atoms with E-state index in [1.165, 1.54) is 31.4 Å². The molecule has 0 unspecified atom stereocenters. The van der Waals surface area contributed by atoms with Gasteiger partial charge in [0.2, 0.25) is 5.91 Å². The van der Waals surface area contributed by atoms with E-state index in [1.54, 1.807) is 6.07 Å². The number of ether oxygens (including phenoxy) is 1. The van der Waals surface area contributed by atoms with Crippen molar-refractivity contribution < 1.29 is 32.3 Å². The molecule has 12 heteroatoms. The van der Waals surface area contributed by atoms with Crippen molar-refractivity contribution in [3.63, 3.8) is 0 Å². The highest BCUT2D eigenvalue weighted by Gasteiger charge is 2.45. The number of benzene rings is 1. The third-order valence-corrected chi connectivity index (χ3v) is 5.73. The molecular weight excluding hydrogens is 489 g/mol. The minimum Gasteiger partial charge on any atom is -0.469 e. The summed E-state index contributed by atoms with van der Waals surface area (Å²) in [5.74, 6) is -3.73. The van der Waals surface area contributed by atoms with Crippen LogP contribution in [0.4, 0.5) is 30.4 Å². The van der Waals surface area contributed by atoms with E-state index in [-0.39, 0.29) is 46.9 Å². The van der Waals surface area contributed by atoms with Crippen LogP contribution >= 0.6 is 11.6 Å². The van der Waals surface area contributed by atoms with E-state index < -0.39 is 18.1 Å². The summed E-state index contributed by atoms with van der Waals surface area (Å²) in [5, 5.41) is 5.99. The fourth-order valence-corrected chi connectivity index (χ4v) is 3.77. The molecule has 3 rings (SSSR count). The number of halogens is 4. The highest BCUT2D eigenvalue weighted by molar-refractivity contribution is 6.30. The van der Waals surface area contributed by atoms with Crippen molar-refractivity contribution >= 4 is 46.6 Å². The second-order valence-corrected chi connectivity index (χ2v) is 8.35. The number of rotatable bonds is 7. The predicted octanol–water partition coefficient (Wildman–Crippen LogP) is 4.01. The number of alkyl halides is 3. The number of aromatic nitrogens is 1.